The van der Waals surface area contributed by atoms with Gasteiger partial charge in [0, 0.05) is 27.2 Å². The quantitative estimate of drug-likeness (QED) is 0.201. The van der Waals surface area contributed by atoms with Crippen LogP contribution in [0, 0.1) is 0 Å². The highest BCUT2D eigenvalue weighted by Gasteiger charge is 2.24. The van der Waals surface area contributed by atoms with Gasteiger partial charge < -0.3 is 13.7 Å². The van der Waals surface area contributed by atoms with Crippen LogP contribution in [0.1, 0.15) is 9.60 Å². The predicted molar refractivity (Wildman–Crippen MR) is 187 cm³/mol. The number of hydrogen-bond donors (Lipinski definition) is 0. The van der Waals surface area contributed by atoms with Crippen LogP contribution >= 0.6 is 0 Å². The second kappa shape index (κ2) is 10.3. The molecule has 45 heavy (non-hydrogen) atoms. The SMILES string of the molecule is [2H]c1c([2H])c([2H])c2c(oc3c(N(c4ccc(-c5ccccc5)cc4)c4ccc(-c5ccccc5)c5c4oc4ccccc45)c([2H])c([2H])c([2H])c32)c1[2H]. The molecule has 7 aromatic carbocycles. The summed E-state index contributed by atoms with van der Waals surface area (Å²) in [6.45, 7) is 0. The Morgan fingerprint density at radius 1 is 0.444 bits per heavy atom. The third kappa shape index (κ3) is 4.13. The van der Waals surface area contributed by atoms with Gasteiger partial charge >= 0.3 is 0 Å². The van der Waals surface area contributed by atoms with Gasteiger partial charge in [-0.1, -0.05) is 127 Å². The number of anilines is 3. The Hall–Kier alpha value is -6.06. The molecule has 0 atom stereocenters. The van der Waals surface area contributed by atoms with Crippen LogP contribution < -0.4 is 4.90 Å². The van der Waals surface area contributed by atoms with Crippen LogP contribution in [0.15, 0.2) is 172 Å². The van der Waals surface area contributed by atoms with Gasteiger partial charge in [0.2, 0.25) is 0 Å². The predicted octanol–water partition coefficient (Wildman–Crippen LogP) is 12.3. The fourth-order valence-corrected chi connectivity index (χ4v) is 6.14. The molecule has 0 aliphatic carbocycles. The van der Waals surface area contributed by atoms with Crippen molar-refractivity contribution in [3.63, 3.8) is 0 Å². The van der Waals surface area contributed by atoms with Gasteiger partial charge in [0.25, 0.3) is 0 Å². The van der Waals surface area contributed by atoms with E-state index in [1.807, 2.05) is 121 Å². The maximum Gasteiger partial charge on any atom is 0.160 e. The van der Waals surface area contributed by atoms with Gasteiger partial charge in [-0.15, -0.1) is 0 Å². The number of hydrogen-bond acceptors (Lipinski definition) is 3. The van der Waals surface area contributed by atoms with Crippen molar-refractivity contribution in [1.82, 2.24) is 0 Å². The fourth-order valence-electron chi connectivity index (χ4n) is 6.14. The number of fused-ring (bicyclic) bond motifs is 6. The van der Waals surface area contributed by atoms with Crippen molar-refractivity contribution in [2.24, 2.45) is 0 Å². The largest absolute Gasteiger partial charge is 0.454 e. The third-order valence-corrected chi connectivity index (χ3v) is 8.21. The van der Waals surface area contributed by atoms with Crippen molar-refractivity contribution in [3.8, 4) is 22.3 Å². The number of furan rings is 2. The van der Waals surface area contributed by atoms with Gasteiger partial charge in [0.15, 0.2) is 11.2 Å². The summed E-state index contributed by atoms with van der Waals surface area (Å²) in [4.78, 5) is 1.77. The molecule has 0 aliphatic heterocycles. The summed E-state index contributed by atoms with van der Waals surface area (Å²) < 4.78 is 74.4. The minimum Gasteiger partial charge on any atom is -0.454 e. The van der Waals surface area contributed by atoms with E-state index in [1.54, 1.807) is 4.90 Å². The minimum atomic E-state index is -0.476. The van der Waals surface area contributed by atoms with Crippen LogP contribution in [0.4, 0.5) is 17.1 Å². The standard InChI is InChI=1S/C42H27NO2/c1-3-12-28(13-4-1)29-22-24-31(25-23-29)43(36-19-11-18-34-33-16-7-9-20-38(33)44-41(34)36)37-27-26-32(30-14-5-2-6-15-30)40-35-17-8-10-21-39(35)45-42(37)40/h1-27H/i7D,9D,11D,16D,18D,19D,20D. The molecule has 0 radical (unpaired) electrons. The molecule has 0 spiro atoms. The van der Waals surface area contributed by atoms with Gasteiger partial charge in [-0.05, 0) is 58.6 Å². The second-order valence-electron chi connectivity index (χ2n) is 10.8. The Labute approximate surface area is 270 Å². The van der Waals surface area contributed by atoms with Crippen LogP contribution in [0.5, 0.6) is 0 Å². The van der Waals surface area contributed by atoms with E-state index in [-0.39, 0.29) is 45.8 Å². The first-order valence-electron chi connectivity index (χ1n) is 18.1. The molecule has 3 nitrogen and oxygen atoms in total. The summed E-state index contributed by atoms with van der Waals surface area (Å²) in [7, 11) is 0. The average molecular weight is 585 g/mol. The lowest BCUT2D eigenvalue weighted by Gasteiger charge is -2.26. The molecule has 212 valence electrons. The lowest BCUT2D eigenvalue weighted by atomic mass is 9.98. The Morgan fingerprint density at radius 2 is 1.11 bits per heavy atom. The molecule has 0 unspecified atom stereocenters. The molecular weight excluding hydrogens is 550 g/mol. The highest BCUT2D eigenvalue weighted by atomic mass is 16.3. The normalized spacial score (nSPS) is 13.7. The first-order chi connectivity index (χ1) is 25.2. The number of nitrogens with zero attached hydrogens (tertiary/aromatic N) is 1. The van der Waals surface area contributed by atoms with E-state index in [2.05, 4.69) is 0 Å². The maximum atomic E-state index is 9.37. The summed E-state index contributed by atoms with van der Waals surface area (Å²) in [6.07, 6.45) is 0. The molecule has 0 fully saturated rings. The molecule has 0 saturated carbocycles. The molecule has 0 amide bonds. The molecule has 0 bridgehead atoms. The molecular formula is C42H27NO2. The zero-order valence-electron chi connectivity index (χ0n) is 30.8. The Kier molecular flexibility index (Phi) is 4.40. The van der Waals surface area contributed by atoms with Crippen molar-refractivity contribution < 1.29 is 18.4 Å². The minimum absolute atomic E-state index is 0.00321. The van der Waals surface area contributed by atoms with Crippen molar-refractivity contribution in [2.75, 3.05) is 4.90 Å². The number of benzene rings is 7. The van der Waals surface area contributed by atoms with Crippen LogP contribution in [0.3, 0.4) is 0 Å². The van der Waals surface area contributed by atoms with Crippen molar-refractivity contribution >= 4 is 60.9 Å². The van der Waals surface area contributed by atoms with Gasteiger partial charge in [-0.2, -0.15) is 0 Å². The monoisotopic (exact) mass is 584 g/mol. The highest BCUT2D eigenvalue weighted by Crippen LogP contribution is 2.48. The van der Waals surface area contributed by atoms with Gasteiger partial charge in [-0.25, -0.2) is 0 Å². The number of para-hydroxylation sites is 3. The second-order valence-corrected chi connectivity index (χ2v) is 10.8. The van der Waals surface area contributed by atoms with Crippen LogP contribution in [0.25, 0.3) is 66.1 Å². The van der Waals surface area contributed by atoms with Gasteiger partial charge in [0.05, 0.1) is 21.0 Å². The Morgan fingerprint density at radius 3 is 1.93 bits per heavy atom. The van der Waals surface area contributed by atoms with E-state index >= 15 is 0 Å². The van der Waals surface area contributed by atoms with Crippen molar-refractivity contribution in [3.05, 3.63) is 164 Å². The lowest BCUT2D eigenvalue weighted by molar-refractivity contribution is 0.666. The third-order valence-electron chi connectivity index (χ3n) is 8.21. The lowest BCUT2D eigenvalue weighted by Crippen LogP contribution is -2.10. The van der Waals surface area contributed by atoms with E-state index in [1.165, 1.54) is 0 Å². The molecule has 0 aliphatic rings. The van der Waals surface area contributed by atoms with Crippen LogP contribution in [0.2, 0.25) is 0 Å². The fraction of sp³-hybridized carbons (Fsp3) is 0. The molecule has 9 aromatic rings. The highest BCUT2D eigenvalue weighted by molar-refractivity contribution is 6.18. The Bertz CT molecular complexity index is 2870. The van der Waals surface area contributed by atoms with E-state index < -0.39 is 24.2 Å². The molecule has 2 aromatic heterocycles. The summed E-state index contributed by atoms with van der Waals surface area (Å²) in [5, 5.41) is 1.77. The van der Waals surface area contributed by atoms with Crippen LogP contribution in [-0.2, 0) is 0 Å². The van der Waals surface area contributed by atoms with Crippen LogP contribution in [-0.4, -0.2) is 0 Å². The molecule has 0 saturated heterocycles. The smallest absolute Gasteiger partial charge is 0.160 e. The topological polar surface area (TPSA) is 29.5 Å². The summed E-state index contributed by atoms with van der Waals surface area (Å²) in [5.41, 5.74) is 6.17. The van der Waals surface area contributed by atoms with Gasteiger partial charge in [-0.3, -0.25) is 0 Å². The molecule has 2 heterocycles. The van der Waals surface area contributed by atoms with E-state index in [0.717, 1.165) is 33.0 Å². The summed E-state index contributed by atoms with van der Waals surface area (Å²) in [6, 6.07) is 36.5. The average Bonchev–Trinajstić information content (AvgIpc) is 3.78. The van der Waals surface area contributed by atoms with Gasteiger partial charge in [0.1, 0.15) is 11.2 Å². The van der Waals surface area contributed by atoms with Crippen molar-refractivity contribution in [2.45, 2.75) is 0 Å². The zero-order chi connectivity index (χ0) is 35.8. The number of rotatable bonds is 5. The van der Waals surface area contributed by atoms with Crippen molar-refractivity contribution in [1.29, 1.82) is 0 Å². The maximum absolute atomic E-state index is 9.37. The summed E-state index contributed by atoms with van der Waals surface area (Å²) >= 11 is 0. The first kappa shape index (κ1) is 19.3. The Balaban J connectivity index is 1.42. The molecule has 3 heteroatoms. The molecule has 0 N–H and O–H groups in total. The first-order valence-corrected chi connectivity index (χ1v) is 14.6. The molecule has 9 rings (SSSR count). The van der Waals surface area contributed by atoms with E-state index in [4.69, 9.17) is 17.1 Å². The van der Waals surface area contributed by atoms with E-state index in [9.17, 15) is 1.37 Å². The zero-order valence-corrected chi connectivity index (χ0v) is 23.8. The summed E-state index contributed by atoms with van der Waals surface area (Å²) in [5.74, 6) is 0. The van der Waals surface area contributed by atoms with E-state index in [0.29, 0.717) is 22.5 Å².